The van der Waals surface area contributed by atoms with Crippen LogP contribution >= 0.6 is 11.6 Å². The molecule has 0 fully saturated rings. The number of methoxy groups -OCH3 is 1. The van der Waals surface area contributed by atoms with E-state index in [1.165, 1.54) is 25.3 Å². The lowest BCUT2D eigenvalue weighted by atomic mass is 10.2. The predicted molar refractivity (Wildman–Crippen MR) is 102 cm³/mol. The molecule has 0 saturated carbocycles. The maximum absolute atomic E-state index is 13.3. The van der Waals surface area contributed by atoms with Gasteiger partial charge >= 0.3 is 0 Å². The lowest BCUT2D eigenvalue weighted by Crippen LogP contribution is -2.28. The summed E-state index contributed by atoms with van der Waals surface area (Å²) in [5.74, 6) is 0.850. The Morgan fingerprint density at radius 3 is 2.93 bits per heavy atom. The monoisotopic (exact) mass is 384 g/mol. The zero-order valence-electron chi connectivity index (χ0n) is 14.2. The number of amidine groups is 1. The smallest absolute Gasteiger partial charge is 0.256 e. The molecule has 4 rings (SSSR count). The summed E-state index contributed by atoms with van der Waals surface area (Å²) in [5.41, 5.74) is 2.47. The molecule has 0 unspecified atom stereocenters. The number of carbonyl (C=O) groups excluding carboxylic acids is 1. The maximum atomic E-state index is 13.3. The molecule has 1 aliphatic rings. The van der Waals surface area contributed by atoms with Gasteiger partial charge in [0.05, 0.1) is 29.7 Å². The van der Waals surface area contributed by atoms with Gasteiger partial charge in [0.25, 0.3) is 5.91 Å². The summed E-state index contributed by atoms with van der Waals surface area (Å²) in [6, 6.07) is 9.13. The second kappa shape index (κ2) is 6.85. The number of aliphatic imine (C=N–C) groups is 1. The molecule has 1 aliphatic heterocycles. The van der Waals surface area contributed by atoms with Crippen molar-refractivity contribution in [3.05, 3.63) is 64.7 Å². The van der Waals surface area contributed by atoms with Crippen molar-refractivity contribution in [1.82, 2.24) is 15.3 Å². The van der Waals surface area contributed by atoms with Crippen LogP contribution in [-0.4, -0.2) is 35.4 Å². The first-order valence-electron chi connectivity index (χ1n) is 8.09. The Hall–Kier alpha value is -3.19. The van der Waals surface area contributed by atoms with E-state index < -0.39 is 0 Å². The number of ether oxygens (including phenoxy) is 1. The van der Waals surface area contributed by atoms with Gasteiger partial charge in [-0.3, -0.25) is 9.79 Å². The highest BCUT2D eigenvalue weighted by atomic mass is 35.5. The van der Waals surface area contributed by atoms with Crippen molar-refractivity contribution in [2.45, 2.75) is 0 Å². The molecule has 6 nitrogen and oxygen atoms in total. The minimum atomic E-state index is -0.333. The first-order chi connectivity index (χ1) is 13.0. The Morgan fingerprint density at radius 2 is 2.15 bits per heavy atom. The molecule has 8 heteroatoms. The fourth-order valence-electron chi connectivity index (χ4n) is 2.78. The lowest BCUT2D eigenvalue weighted by molar-refractivity contribution is 0.0977. The third kappa shape index (κ3) is 3.41. The van der Waals surface area contributed by atoms with Gasteiger partial charge in [-0.1, -0.05) is 11.6 Å². The highest BCUT2D eigenvalue weighted by Gasteiger charge is 2.17. The zero-order chi connectivity index (χ0) is 19.0. The van der Waals surface area contributed by atoms with E-state index in [9.17, 15) is 9.18 Å². The normalized spacial score (nSPS) is 13.4. The van der Waals surface area contributed by atoms with Crippen LogP contribution in [0.15, 0.2) is 47.5 Å². The van der Waals surface area contributed by atoms with E-state index in [-0.39, 0.29) is 11.7 Å². The number of nitrogens with zero attached hydrogens (tertiary/aromatic N) is 2. The number of nitrogens with one attached hydrogen (secondary N) is 2. The molecule has 1 aromatic heterocycles. The zero-order valence-corrected chi connectivity index (χ0v) is 15.0. The van der Waals surface area contributed by atoms with Gasteiger partial charge in [-0.25, -0.2) is 9.37 Å². The average molecular weight is 385 g/mol. The van der Waals surface area contributed by atoms with Crippen molar-refractivity contribution < 1.29 is 13.9 Å². The molecule has 3 aromatic rings. The molecule has 2 N–H and O–H groups in total. The van der Waals surface area contributed by atoms with Crippen LogP contribution in [0.25, 0.3) is 16.6 Å². The van der Waals surface area contributed by atoms with Gasteiger partial charge in [0.15, 0.2) is 0 Å². The summed E-state index contributed by atoms with van der Waals surface area (Å²) in [5, 5.41) is 3.09. The number of hydrogen-bond acceptors (Lipinski definition) is 4. The maximum Gasteiger partial charge on any atom is 0.256 e. The van der Waals surface area contributed by atoms with E-state index in [4.69, 9.17) is 16.3 Å². The van der Waals surface area contributed by atoms with Crippen LogP contribution in [-0.2, 0) is 0 Å². The summed E-state index contributed by atoms with van der Waals surface area (Å²) in [7, 11) is 1.51. The van der Waals surface area contributed by atoms with Crippen molar-refractivity contribution in [1.29, 1.82) is 0 Å². The number of amides is 1. The largest absolute Gasteiger partial charge is 0.495 e. The first-order valence-corrected chi connectivity index (χ1v) is 8.47. The number of carbonyl (C=O) groups is 1. The quantitative estimate of drug-likeness (QED) is 0.724. The Kier molecular flexibility index (Phi) is 4.37. The van der Waals surface area contributed by atoms with E-state index >= 15 is 0 Å². The standard InChI is InChI=1S/C19H14ClFN4O2/c1-27-16-5-2-10(6-13(16)20)19(26)25-17-7-11(9-22-17)18-23-14-4-3-12(21)8-15(14)24-18/h2-8H,9H2,1H3,(H,23,24)(H,22,25,26). The third-order valence-corrected chi connectivity index (χ3v) is 4.43. The van der Waals surface area contributed by atoms with Crippen LogP contribution in [0.2, 0.25) is 5.02 Å². The van der Waals surface area contributed by atoms with Crippen LogP contribution in [0.3, 0.4) is 0 Å². The summed E-state index contributed by atoms with van der Waals surface area (Å²) in [6.45, 7) is 0.362. The molecule has 0 aliphatic carbocycles. The number of H-pyrrole nitrogens is 1. The third-order valence-electron chi connectivity index (χ3n) is 4.13. The predicted octanol–water partition coefficient (Wildman–Crippen LogP) is 3.59. The molecule has 0 radical (unpaired) electrons. The van der Waals surface area contributed by atoms with E-state index in [0.29, 0.717) is 45.6 Å². The van der Waals surface area contributed by atoms with Crippen LogP contribution < -0.4 is 10.1 Å². The number of halogens is 2. The molecule has 0 spiro atoms. The van der Waals surface area contributed by atoms with Crippen LogP contribution in [0.5, 0.6) is 5.75 Å². The van der Waals surface area contributed by atoms with Crippen molar-refractivity contribution >= 4 is 40.0 Å². The Bertz CT molecular complexity index is 1120. The number of benzene rings is 2. The molecule has 2 aromatic carbocycles. The molecule has 0 atom stereocenters. The molecular formula is C19H14ClFN4O2. The summed E-state index contributed by atoms with van der Waals surface area (Å²) >= 11 is 6.06. The molecule has 2 heterocycles. The number of rotatable bonds is 3. The molecule has 0 bridgehead atoms. The van der Waals surface area contributed by atoms with Gasteiger partial charge < -0.3 is 15.0 Å². The SMILES string of the molecule is COc1ccc(C(=O)NC2=NCC(c3nc4ccc(F)cc4[nH]3)=C2)cc1Cl. The van der Waals surface area contributed by atoms with Crippen molar-refractivity contribution in [3.8, 4) is 5.75 Å². The number of aromatic amines is 1. The molecule has 27 heavy (non-hydrogen) atoms. The van der Waals surface area contributed by atoms with E-state index in [0.717, 1.165) is 5.57 Å². The van der Waals surface area contributed by atoms with Crippen molar-refractivity contribution in [2.24, 2.45) is 4.99 Å². The van der Waals surface area contributed by atoms with E-state index in [1.807, 2.05) is 0 Å². The second-order valence-corrected chi connectivity index (χ2v) is 6.33. The van der Waals surface area contributed by atoms with Crippen LogP contribution in [0.1, 0.15) is 16.2 Å². The highest BCUT2D eigenvalue weighted by Crippen LogP contribution is 2.25. The molecule has 0 saturated heterocycles. The summed E-state index contributed by atoms with van der Waals surface area (Å²) < 4.78 is 18.4. The molecule has 136 valence electrons. The second-order valence-electron chi connectivity index (χ2n) is 5.92. The summed E-state index contributed by atoms with van der Waals surface area (Å²) in [6.07, 6.45) is 1.73. The van der Waals surface area contributed by atoms with Gasteiger partial charge in [-0.2, -0.15) is 0 Å². The van der Waals surface area contributed by atoms with Crippen LogP contribution in [0.4, 0.5) is 4.39 Å². The Balaban J connectivity index is 1.51. The van der Waals surface area contributed by atoms with Gasteiger partial charge in [-0.05, 0) is 42.5 Å². The van der Waals surface area contributed by atoms with Gasteiger partial charge in [0, 0.05) is 11.1 Å². The summed E-state index contributed by atoms with van der Waals surface area (Å²) in [4.78, 5) is 24.2. The Labute approximate surface area is 158 Å². The number of aromatic nitrogens is 2. The number of hydrogen-bond donors (Lipinski definition) is 2. The highest BCUT2D eigenvalue weighted by molar-refractivity contribution is 6.32. The number of fused-ring (bicyclic) bond motifs is 1. The minimum Gasteiger partial charge on any atom is -0.495 e. The number of imidazole rings is 1. The molecular weight excluding hydrogens is 371 g/mol. The van der Waals surface area contributed by atoms with Gasteiger partial charge in [0.1, 0.15) is 23.2 Å². The fraction of sp³-hybridized carbons (Fsp3) is 0.105. The topological polar surface area (TPSA) is 79.4 Å². The lowest BCUT2D eigenvalue weighted by Gasteiger charge is -2.06. The van der Waals surface area contributed by atoms with Crippen molar-refractivity contribution in [3.63, 3.8) is 0 Å². The average Bonchev–Trinajstić information content (AvgIpc) is 3.27. The minimum absolute atomic E-state index is 0.331. The molecule has 1 amide bonds. The Morgan fingerprint density at radius 1 is 1.30 bits per heavy atom. The van der Waals surface area contributed by atoms with Crippen molar-refractivity contribution in [2.75, 3.05) is 13.7 Å². The van der Waals surface area contributed by atoms with E-state index in [1.54, 1.807) is 24.3 Å². The first kappa shape index (κ1) is 17.2. The van der Waals surface area contributed by atoms with Gasteiger partial charge in [-0.15, -0.1) is 0 Å². The van der Waals surface area contributed by atoms with Gasteiger partial charge in [0.2, 0.25) is 0 Å². The van der Waals surface area contributed by atoms with Crippen LogP contribution in [0, 0.1) is 5.82 Å². The fourth-order valence-corrected chi connectivity index (χ4v) is 3.03. The van der Waals surface area contributed by atoms with E-state index in [2.05, 4.69) is 20.3 Å².